The smallest absolute Gasteiger partial charge is 0.408 e. The van der Waals surface area contributed by atoms with Gasteiger partial charge in [0.05, 0.1) is 0 Å². The third-order valence-electron chi connectivity index (χ3n) is 3.64. The predicted octanol–water partition coefficient (Wildman–Crippen LogP) is 0.783. The topological polar surface area (TPSA) is 83.6 Å². The molecule has 2 amide bonds. The standard InChI is InChI=1S/C10H16N2O3/c11-9(13)8-5-6-3-1-2-4-7(6)12(8)10(14)15/h6-8H,1-5H2,(H2,11,13)(H,14,15)/t6-,7-,8-/m0/s1. The monoisotopic (exact) mass is 212 g/mol. The first kappa shape index (κ1) is 10.3. The van der Waals surface area contributed by atoms with E-state index < -0.39 is 18.0 Å². The second-order valence-electron chi connectivity index (χ2n) is 4.46. The van der Waals surface area contributed by atoms with Crippen molar-refractivity contribution >= 4 is 12.0 Å². The van der Waals surface area contributed by atoms with Gasteiger partial charge < -0.3 is 10.8 Å². The number of fused-ring (bicyclic) bond motifs is 1. The number of hydrogen-bond donors (Lipinski definition) is 2. The van der Waals surface area contributed by atoms with Crippen LogP contribution >= 0.6 is 0 Å². The van der Waals surface area contributed by atoms with Gasteiger partial charge >= 0.3 is 6.09 Å². The number of nitrogens with two attached hydrogens (primary N) is 1. The van der Waals surface area contributed by atoms with Gasteiger partial charge in [-0.2, -0.15) is 0 Å². The van der Waals surface area contributed by atoms with E-state index in [2.05, 4.69) is 0 Å². The number of nitrogens with zero attached hydrogens (tertiary/aromatic N) is 1. The molecule has 1 aliphatic heterocycles. The number of likely N-dealkylation sites (tertiary alicyclic amines) is 1. The van der Waals surface area contributed by atoms with Gasteiger partial charge in [-0.3, -0.25) is 9.69 Å². The second kappa shape index (κ2) is 3.72. The van der Waals surface area contributed by atoms with Gasteiger partial charge in [-0.05, 0) is 25.2 Å². The Bertz CT molecular complexity index is 292. The molecule has 2 aliphatic rings. The molecule has 1 aliphatic carbocycles. The molecular weight excluding hydrogens is 196 g/mol. The van der Waals surface area contributed by atoms with E-state index in [-0.39, 0.29) is 6.04 Å². The van der Waals surface area contributed by atoms with Crippen LogP contribution in [0.2, 0.25) is 0 Å². The number of amides is 2. The van der Waals surface area contributed by atoms with Gasteiger partial charge in [-0.1, -0.05) is 12.8 Å². The molecule has 15 heavy (non-hydrogen) atoms. The van der Waals surface area contributed by atoms with Crippen molar-refractivity contribution in [2.45, 2.75) is 44.2 Å². The van der Waals surface area contributed by atoms with Crippen LogP contribution in [0.25, 0.3) is 0 Å². The summed E-state index contributed by atoms with van der Waals surface area (Å²) in [6, 6.07) is -0.579. The summed E-state index contributed by atoms with van der Waals surface area (Å²) < 4.78 is 0. The zero-order valence-corrected chi connectivity index (χ0v) is 8.56. The van der Waals surface area contributed by atoms with Crippen molar-refractivity contribution in [2.24, 2.45) is 11.7 Å². The second-order valence-corrected chi connectivity index (χ2v) is 4.46. The Labute approximate surface area is 88.2 Å². The van der Waals surface area contributed by atoms with E-state index in [0.29, 0.717) is 12.3 Å². The summed E-state index contributed by atoms with van der Waals surface area (Å²) in [5, 5.41) is 9.09. The van der Waals surface area contributed by atoms with Gasteiger partial charge in [0.2, 0.25) is 5.91 Å². The highest BCUT2D eigenvalue weighted by Crippen LogP contribution is 2.39. The van der Waals surface area contributed by atoms with Gasteiger partial charge in [0.25, 0.3) is 0 Å². The van der Waals surface area contributed by atoms with E-state index in [1.807, 2.05) is 0 Å². The van der Waals surface area contributed by atoms with Crippen LogP contribution in [0.3, 0.4) is 0 Å². The summed E-state index contributed by atoms with van der Waals surface area (Å²) in [7, 11) is 0. The number of carbonyl (C=O) groups excluding carboxylic acids is 1. The molecule has 84 valence electrons. The molecule has 1 heterocycles. The molecule has 2 rings (SSSR count). The normalized spacial score (nSPS) is 34.9. The van der Waals surface area contributed by atoms with Crippen molar-refractivity contribution in [3.8, 4) is 0 Å². The molecule has 0 aromatic heterocycles. The Morgan fingerprint density at radius 2 is 1.93 bits per heavy atom. The van der Waals surface area contributed by atoms with Gasteiger partial charge in [0.15, 0.2) is 0 Å². The number of carbonyl (C=O) groups is 2. The summed E-state index contributed by atoms with van der Waals surface area (Å²) in [5.41, 5.74) is 5.24. The minimum Gasteiger partial charge on any atom is -0.465 e. The van der Waals surface area contributed by atoms with Gasteiger partial charge in [-0.15, -0.1) is 0 Å². The van der Waals surface area contributed by atoms with Crippen LogP contribution in [-0.2, 0) is 4.79 Å². The molecule has 0 aromatic carbocycles. The molecule has 3 atom stereocenters. The van der Waals surface area contributed by atoms with E-state index in [0.717, 1.165) is 25.7 Å². The lowest BCUT2D eigenvalue weighted by Gasteiger charge is -2.30. The molecule has 0 bridgehead atoms. The molecule has 0 spiro atoms. The maximum atomic E-state index is 11.2. The van der Waals surface area contributed by atoms with E-state index in [1.54, 1.807) is 0 Å². The number of carboxylic acid groups (broad SMARTS) is 1. The predicted molar refractivity (Wildman–Crippen MR) is 53.2 cm³/mol. The highest BCUT2D eigenvalue weighted by Gasteiger charge is 2.46. The van der Waals surface area contributed by atoms with Crippen molar-refractivity contribution in [2.75, 3.05) is 0 Å². The Morgan fingerprint density at radius 1 is 1.27 bits per heavy atom. The van der Waals surface area contributed by atoms with Crippen LogP contribution in [-0.4, -0.2) is 34.1 Å². The molecular formula is C10H16N2O3. The van der Waals surface area contributed by atoms with Crippen molar-refractivity contribution in [3.05, 3.63) is 0 Å². The van der Waals surface area contributed by atoms with Crippen LogP contribution in [0, 0.1) is 5.92 Å². The van der Waals surface area contributed by atoms with Crippen molar-refractivity contribution in [1.82, 2.24) is 4.90 Å². The van der Waals surface area contributed by atoms with E-state index in [4.69, 9.17) is 10.8 Å². The molecule has 3 N–H and O–H groups in total. The summed E-state index contributed by atoms with van der Waals surface area (Å²) in [6.45, 7) is 0. The Hall–Kier alpha value is -1.26. The number of primary amides is 1. The molecule has 0 radical (unpaired) electrons. The van der Waals surface area contributed by atoms with Gasteiger partial charge in [0.1, 0.15) is 6.04 Å². The van der Waals surface area contributed by atoms with E-state index in [1.165, 1.54) is 4.90 Å². The zero-order chi connectivity index (χ0) is 11.0. The Balaban J connectivity index is 2.21. The lowest BCUT2D eigenvalue weighted by Crippen LogP contribution is -2.47. The summed E-state index contributed by atoms with van der Waals surface area (Å²) in [6.07, 6.45) is 3.70. The summed E-state index contributed by atoms with van der Waals surface area (Å²) >= 11 is 0. The molecule has 1 saturated carbocycles. The fourth-order valence-corrected chi connectivity index (χ4v) is 2.99. The first-order valence-corrected chi connectivity index (χ1v) is 5.42. The molecule has 1 saturated heterocycles. The van der Waals surface area contributed by atoms with Crippen LogP contribution < -0.4 is 5.73 Å². The molecule has 0 aromatic rings. The minimum absolute atomic E-state index is 0.0220. The lowest BCUT2D eigenvalue weighted by molar-refractivity contribution is -0.122. The van der Waals surface area contributed by atoms with E-state index >= 15 is 0 Å². The van der Waals surface area contributed by atoms with Gasteiger partial charge in [-0.25, -0.2) is 4.79 Å². The van der Waals surface area contributed by atoms with E-state index in [9.17, 15) is 9.59 Å². The van der Waals surface area contributed by atoms with Crippen molar-refractivity contribution in [1.29, 1.82) is 0 Å². The first-order valence-electron chi connectivity index (χ1n) is 5.42. The third kappa shape index (κ3) is 1.66. The maximum absolute atomic E-state index is 11.2. The number of hydrogen-bond acceptors (Lipinski definition) is 2. The maximum Gasteiger partial charge on any atom is 0.408 e. The van der Waals surface area contributed by atoms with Crippen LogP contribution in [0.1, 0.15) is 32.1 Å². The first-order chi connectivity index (χ1) is 7.11. The SMILES string of the molecule is NC(=O)[C@@H]1C[C@@H]2CCCC[C@@H]2N1C(=O)O. The lowest BCUT2D eigenvalue weighted by atomic mass is 9.85. The average Bonchev–Trinajstić information content (AvgIpc) is 2.56. The fraction of sp³-hybridized carbons (Fsp3) is 0.800. The van der Waals surface area contributed by atoms with Crippen molar-refractivity contribution in [3.63, 3.8) is 0 Å². The molecule has 5 nitrogen and oxygen atoms in total. The Kier molecular flexibility index (Phi) is 2.54. The minimum atomic E-state index is -1.01. The van der Waals surface area contributed by atoms with Gasteiger partial charge in [0, 0.05) is 6.04 Å². The largest absolute Gasteiger partial charge is 0.465 e. The molecule has 5 heteroatoms. The zero-order valence-electron chi connectivity index (χ0n) is 8.56. The molecule has 0 unspecified atom stereocenters. The summed E-state index contributed by atoms with van der Waals surface area (Å²) in [4.78, 5) is 23.6. The van der Waals surface area contributed by atoms with Crippen LogP contribution in [0.15, 0.2) is 0 Å². The van der Waals surface area contributed by atoms with Crippen molar-refractivity contribution < 1.29 is 14.7 Å². The third-order valence-corrected chi connectivity index (χ3v) is 3.64. The average molecular weight is 212 g/mol. The van der Waals surface area contributed by atoms with Crippen LogP contribution in [0.4, 0.5) is 4.79 Å². The highest BCUT2D eigenvalue weighted by atomic mass is 16.4. The fourth-order valence-electron chi connectivity index (χ4n) is 2.99. The summed E-state index contributed by atoms with van der Waals surface area (Å²) in [5.74, 6) is -0.167. The Morgan fingerprint density at radius 3 is 2.53 bits per heavy atom. The highest BCUT2D eigenvalue weighted by molar-refractivity contribution is 5.84. The quantitative estimate of drug-likeness (QED) is 0.673. The number of rotatable bonds is 1. The van der Waals surface area contributed by atoms with Crippen LogP contribution in [0.5, 0.6) is 0 Å². The molecule has 2 fully saturated rings.